The second-order valence-electron chi connectivity index (χ2n) is 3.80. The van der Waals surface area contributed by atoms with Crippen molar-refractivity contribution in [2.45, 2.75) is 26.0 Å². The third-order valence-electron chi connectivity index (χ3n) is 2.54. The molecule has 0 bridgehead atoms. The van der Waals surface area contributed by atoms with E-state index in [1.165, 1.54) is 19.1 Å². The molecule has 94 valence electrons. The van der Waals surface area contributed by atoms with Crippen LogP contribution in [0.15, 0.2) is 18.2 Å². The molecule has 0 amide bonds. The molecule has 5 heteroatoms. The largest absolute Gasteiger partial charge is 0.479 e. The van der Waals surface area contributed by atoms with Gasteiger partial charge in [0.25, 0.3) is 0 Å². The van der Waals surface area contributed by atoms with Gasteiger partial charge in [0, 0.05) is 6.04 Å². The van der Waals surface area contributed by atoms with Gasteiger partial charge in [0.2, 0.25) is 0 Å². The number of hydrogen-bond donors (Lipinski definition) is 2. The second kappa shape index (κ2) is 5.63. The summed E-state index contributed by atoms with van der Waals surface area (Å²) in [5.41, 5.74) is 0.778. The van der Waals surface area contributed by atoms with Crippen LogP contribution in [0, 0.1) is 5.82 Å². The van der Waals surface area contributed by atoms with Crippen molar-refractivity contribution in [2.24, 2.45) is 0 Å². The van der Waals surface area contributed by atoms with Crippen molar-refractivity contribution < 1.29 is 19.0 Å². The molecule has 17 heavy (non-hydrogen) atoms. The Bertz CT molecular complexity index is 409. The third-order valence-corrected chi connectivity index (χ3v) is 2.54. The number of aliphatic carboxylic acids is 1. The van der Waals surface area contributed by atoms with Gasteiger partial charge in [0.1, 0.15) is 0 Å². The van der Waals surface area contributed by atoms with Gasteiger partial charge in [-0.2, -0.15) is 0 Å². The van der Waals surface area contributed by atoms with Gasteiger partial charge in [0.05, 0.1) is 0 Å². The lowest BCUT2D eigenvalue weighted by Crippen LogP contribution is -2.23. The zero-order valence-corrected chi connectivity index (χ0v) is 10.0. The van der Waals surface area contributed by atoms with Crippen LogP contribution in [-0.4, -0.2) is 24.2 Å². The molecule has 0 aromatic heterocycles. The number of carbonyl (C=O) groups is 1. The van der Waals surface area contributed by atoms with Gasteiger partial charge in [-0.3, -0.25) is 0 Å². The fourth-order valence-corrected chi connectivity index (χ4v) is 1.29. The first-order valence-corrected chi connectivity index (χ1v) is 5.32. The molecule has 1 rings (SSSR count). The van der Waals surface area contributed by atoms with E-state index < -0.39 is 17.9 Å². The number of ether oxygens (including phenoxy) is 1. The fourth-order valence-electron chi connectivity index (χ4n) is 1.29. The lowest BCUT2D eigenvalue weighted by molar-refractivity contribution is -0.144. The minimum Gasteiger partial charge on any atom is -0.479 e. The minimum atomic E-state index is -1.13. The van der Waals surface area contributed by atoms with Crippen molar-refractivity contribution in [1.29, 1.82) is 0 Å². The molecule has 0 heterocycles. The third kappa shape index (κ3) is 3.42. The molecule has 0 aliphatic carbocycles. The average Bonchev–Trinajstić information content (AvgIpc) is 2.30. The zero-order chi connectivity index (χ0) is 13.0. The van der Waals surface area contributed by atoms with Crippen LogP contribution in [-0.2, 0) is 4.79 Å². The molecule has 0 aliphatic rings. The van der Waals surface area contributed by atoms with Gasteiger partial charge in [-0.1, -0.05) is 6.07 Å². The van der Waals surface area contributed by atoms with Crippen molar-refractivity contribution in [3.8, 4) is 5.75 Å². The Labute approximate surface area is 99.4 Å². The van der Waals surface area contributed by atoms with Gasteiger partial charge in [0.15, 0.2) is 17.7 Å². The number of benzene rings is 1. The molecule has 0 radical (unpaired) electrons. The van der Waals surface area contributed by atoms with Gasteiger partial charge in [-0.05, 0) is 38.6 Å². The van der Waals surface area contributed by atoms with Crippen LogP contribution in [0.5, 0.6) is 5.75 Å². The molecular weight excluding hydrogens is 225 g/mol. The Morgan fingerprint density at radius 2 is 2.12 bits per heavy atom. The summed E-state index contributed by atoms with van der Waals surface area (Å²) < 4.78 is 18.6. The number of carboxylic acid groups (broad SMARTS) is 1. The predicted molar refractivity (Wildman–Crippen MR) is 61.6 cm³/mol. The highest BCUT2D eigenvalue weighted by Crippen LogP contribution is 2.22. The zero-order valence-electron chi connectivity index (χ0n) is 10.0. The number of rotatable bonds is 5. The van der Waals surface area contributed by atoms with Crippen LogP contribution >= 0.6 is 0 Å². The summed E-state index contributed by atoms with van der Waals surface area (Å²) in [6.45, 7) is 3.25. The van der Waals surface area contributed by atoms with E-state index in [-0.39, 0.29) is 11.8 Å². The lowest BCUT2D eigenvalue weighted by Gasteiger charge is -2.14. The first kappa shape index (κ1) is 13.4. The van der Waals surface area contributed by atoms with Crippen molar-refractivity contribution in [1.82, 2.24) is 5.32 Å². The Kier molecular flexibility index (Phi) is 4.45. The maximum absolute atomic E-state index is 13.6. The quantitative estimate of drug-likeness (QED) is 0.827. The molecule has 2 atom stereocenters. The maximum Gasteiger partial charge on any atom is 0.344 e. The van der Waals surface area contributed by atoms with E-state index in [4.69, 9.17) is 9.84 Å². The summed E-state index contributed by atoms with van der Waals surface area (Å²) in [6.07, 6.45) is -1.07. The summed E-state index contributed by atoms with van der Waals surface area (Å²) in [7, 11) is 1.78. The summed E-state index contributed by atoms with van der Waals surface area (Å²) in [5.74, 6) is -1.73. The molecule has 4 nitrogen and oxygen atoms in total. The maximum atomic E-state index is 13.6. The van der Waals surface area contributed by atoms with E-state index in [1.807, 2.05) is 6.92 Å². The highest BCUT2D eigenvalue weighted by Gasteiger charge is 2.15. The van der Waals surface area contributed by atoms with E-state index >= 15 is 0 Å². The topological polar surface area (TPSA) is 58.6 Å². The normalized spacial score (nSPS) is 14.1. The Morgan fingerprint density at radius 1 is 1.47 bits per heavy atom. The molecule has 0 saturated heterocycles. The number of carboxylic acids is 1. The molecule has 0 saturated carbocycles. The number of hydrogen-bond acceptors (Lipinski definition) is 3. The second-order valence-corrected chi connectivity index (χ2v) is 3.80. The summed E-state index contributed by atoms with van der Waals surface area (Å²) >= 11 is 0. The first-order chi connectivity index (χ1) is 7.95. The summed E-state index contributed by atoms with van der Waals surface area (Å²) in [4.78, 5) is 10.6. The Morgan fingerprint density at radius 3 is 2.59 bits per heavy atom. The molecule has 1 aromatic rings. The van der Waals surface area contributed by atoms with E-state index in [2.05, 4.69) is 5.32 Å². The van der Waals surface area contributed by atoms with Gasteiger partial charge >= 0.3 is 5.97 Å². The van der Waals surface area contributed by atoms with E-state index in [1.54, 1.807) is 13.1 Å². The van der Waals surface area contributed by atoms with E-state index in [0.29, 0.717) is 0 Å². The number of nitrogens with one attached hydrogen (secondary N) is 1. The Balaban J connectivity index is 2.86. The molecule has 2 N–H and O–H groups in total. The smallest absolute Gasteiger partial charge is 0.344 e. The van der Waals surface area contributed by atoms with Gasteiger partial charge in [-0.25, -0.2) is 9.18 Å². The lowest BCUT2D eigenvalue weighted by atomic mass is 10.1. The molecule has 0 fully saturated rings. The molecule has 0 spiro atoms. The van der Waals surface area contributed by atoms with E-state index in [9.17, 15) is 9.18 Å². The SMILES string of the molecule is CNC(C)c1ccc(OC(C)C(=O)O)c(F)c1. The van der Waals surface area contributed by atoms with Gasteiger partial charge in [-0.15, -0.1) is 0 Å². The van der Waals surface area contributed by atoms with Crippen LogP contribution < -0.4 is 10.1 Å². The predicted octanol–water partition coefficient (Wildman–Crippen LogP) is 1.96. The monoisotopic (exact) mass is 241 g/mol. The fraction of sp³-hybridized carbons (Fsp3) is 0.417. The molecular formula is C12H16FNO3. The Hall–Kier alpha value is -1.62. The highest BCUT2D eigenvalue weighted by atomic mass is 19.1. The van der Waals surface area contributed by atoms with Gasteiger partial charge < -0.3 is 15.2 Å². The van der Waals surface area contributed by atoms with Crippen molar-refractivity contribution >= 4 is 5.97 Å². The summed E-state index contributed by atoms with van der Waals surface area (Å²) in [6, 6.07) is 4.51. The number of halogens is 1. The summed E-state index contributed by atoms with van der Waals surface area (Å²) in [5, 5.41) is 11.6. The van der Waals surface area contributed by atoms with Crippen LogP contribution in [0.3, 0.4) is 0 Å². The molecule has 0 aliphatic heterocycles. The van der Waals surface area contributed by atoms with Crippen molar-refractivity contribution in [3.05, 3.63) is 29.6 Å². The van der Waals surface area contributed by atoms with Crippen molar-refractivity contribution in [3.63, 3.8) is 0 Å². The van der Waals surface area contributed by atoms with Crippen molar-refractivity contribution in [2.75, 3.05) is 7.05 Å². The van der Waals surface area contributed by atoms with Crippen LogP contribution in [0.1, 0.15) is 25.5 Å². The minimum absolute atomic E-state index is 0.0236. The van der Waals surface area contributed by atoms with Crippen LogP contribution in [0.2, 0.25) is 0 Å². The average molecular weight is 241 g/mol. The van der Waals surface area contributed by atoms with E-state index in [0.717, 1.165) is 5.56 Å². The first-order valence-electron chi connectivity index (χ1n) is 5.32. The standard InChI is InChI=1S/C12H16FNO3/c1-7(14-3)9-4-5-11(10(13)6-9)17-8(2)12(15)16/h4-8,14H,1-3H3,(H,15,16). The molecule has 2 unspecified atom stereocenters. The molecule has 1 aromatic carbocycles. The highest BCUT2D eigenvalue weighted by molar-refractivity contribution is 5.72. The van der Waals surface area contributed by atoms with Crippen LogP contribution in [0.4, 0.5) is 4.39 Å². The van der Waals surface area contributed by atoms with Crippen LogP contribution in [0.25, 0.3) is 0 Å².